The van der Waals surface area contributed by atoms with Crippen LogP contribution in [0.2, 0.25) is 0 Å². The van der Waals surface area contributed by atoms with Gasteiger partial charge < -0.3 is 15.7 Å². The molecule has 1 aliphatic carbocycles. The molecule has 0 saturated heterocycles. The second-order valence-electron chi connectivity index (χ2n) is 5.63. The first kappa shape index (κ1) is 15.0. The molecule has 0 amide bonds. The summed E-state index contributed by atoms with van der Waals surface area (Å²) < 4.78 is 0. The van der Waals surface area contributed by atoms with Crippen molar-refractivity contribution in [1.82, 2.24) is 9.97 Å². The molecule has 1 aromatic rings. The molecule has 5 nitrogen and oxygen atoms in total. The van der Waals surface area contributed by atoms with Crippen molar-refractivity contribution in [2.45, 2.75) is 58.5 Å². The third kappa shape index (κ3) is 4.07. The number of hydrogen-bond acceptors (Lipinski definition) is 5. The van der Waals surface area contributed by atoms with Crippen LogP contribution in [0.4, 0.5) is 11.6 Å². The smallest absolute Gasteiger partial charge is 0.136 e. The Kier molecular flexibility index (Phi) is 5.17. The highest BCUT2D eigenvalue weighted by Gasteiger charge is 2.28. The van der Waals surface area contributed by atoms with E-state index in [1.807, 2.05) is 13.8 Å². The summed E-state index contributed by atoms with van der Waals surface area (Å²) in [4.78, 5) is 9.31. The standard InChI is InChI=1S/C15H26N4O/c1-4-16-13-11(3)14(17-9-5-6-10(2)20)19-15(18-13)12-7-8-12/h10,12,20H,4-9H2,1-3H3,(H2,16,17,18,19). The lowest BCUT2D eigenvalue weighted by Gasteiger charge is -2.14. The van der Waals surface area contributed by atoms with E-state index in [2.05, 4.69) is 27.5 Å². The summed E-state index contributed by atoms with van der Waals surface area (Å²) in [6.07, 6.45) is 3.93. The lowest BCUT2D eigenvalue weighted by molar-refractivity contribution is 0.183. The molecule has 3 N–H and O–H groups in total. The topological polar surface area (TPSA) is 70.1 Å². The van der Waals surface area contributed by atoms with Gasteiger partial charge in [0.05, 0.1) is 6.10 Å². The Morgan fingerprint density at radius 1 is 1.25 bits per heavy atom. The first-order chi connectivity index (χ1) is 9.61. The molecule has 2 rings (SSSR count). The van der Waals surface area contributed by atoms with Crippen molar-refractivity contribution in [2.24, 2.45) is 0 Å². The third-order valence-electron chi connectivity index (χ3n) is 3.54. The number of rotatable bonds is 8. The molecule has 0 bridgehead atoms. The van der Waals surface area contributed by atoms with Gasteiger partial charge >= 0.3 is 0 Å². The fourth-order valence-electron chi connectivity index (χ4n) is 2.17. The third-order valence-corrected chi connectivity index (χ3v) is 3.54. The van der Waals surface area contributed by atoms with Gasteiger partial charge in [0.1, 0.15) is 17.5 Å². The van der Waals surface area contributed by atoms with Gasteiger partial charge in [-0.15, -0.1) is 0 Å². The molecule has 20 heavy (non-hydrogen) atoms. The predicted octanol–water partition coefficient (Wildman–Crippen LogP) is 2.67. The van der Waals surface area contributed by atoms with Crippen LogP contribution in [0, 0.1) is 6.92 Å². The minimum atomic E-state index is -0.234. The number of aliphatic hydroxyl groups excluding tert-OH is 1. The zero-order valence-electron chi connectivity index (χ0n) is 12.7. The molecular formula is C15H26N4O. The Hall–Kier alpha value is -1.36. The number of nitrogens with one attached hydrogen (secondary N) is 2. The lowest BCUT2D eigenvalue weighted by atomic mass is 10.2. The number of aliphatic hydroxyl groups is 1. The number of anilines is 2. The summed E-state index contributed by atoms with van der Waals surface area (Å²) in [7, 11) is 0. The molecule has 0 aromatic carbocycles. The van der Waals surface area contributed by atoms with E-state index >= 15 is 0 Å². The van der Waals surface area contributed by atoms with E-state index in [0.717, 1.165) is 49.0 Å². The molecule has 1 aromatic heterocycles. The monoisotopic (exact) mass is 278 g/mol. The first-order valence-electron chi connectivity index (χ1n) is 7.66. The Bertz CT molecular complexity index is 444. The van der Waals surface area contributed by atoms with Gasteiger partial charge in [-0.1, -0.05) is 0 Å². The van der Waals surface area contributed by atoms with Gasteiger partial charge in [0.15, 0.2) is 0 Å². The van der Waals surface area contributed by atoms with Crippen LogP contribution >= 0.6 is 0 Å². The summed E-state index contributed by atoms with van der Waals surface area (Å²) >= 11 is 0. The van der Waals surface area contributed by atoms with Crippen molar-refractivity contribution in [1.29, 1.82) is 0 Å². The summed E-state index contributed by atoms with van der Waals surface area (Å²) in [5, 5.41) is 16.0. The molecule has 0 aliphatic heterocycles. The number of aromatic nitrogens is 2. The average molecular weight is 278 g/mol. The second-order valence-corrected chi connectivity index (χ2v) is 5.63. The molecule has 0 spiro atoms. The largest absolute Gasteiger partial charge is 0.393 e. The summed E-state index contributed by atoms with van der Waals surface area (Å²) in [6, 6.07) is 0. The van der Waals surface area contributed by atoms with E-state index < -0.39 is 0 Å². The zero-order valence-corrected chi connectivity index (χ0v) is 12.7. The molecule has 1 saturated carbocycles. The Morgan fingerprint density at radius 3 is 2.45 bits per heavy atom. The highest BCUT2D eigenvalue weighted by molar-refractivity contribution is 5.57. The van der Waals surface area contributed by atoms with Crippen LogP contribution in [-0.2, 0) is 0 Å². The van der Waals surface area contributed by atoms with Crippen LogP contribution in [0.1, 0.15) is 56.8 Å². The summed E-state index contributed by atoms with van der Waals surface area (Å²) in [5.74, 6) is 3.39. The van der Waals surface area contributed by atoms with Gasteiger partial charge in [0.2, 0.25) is 0 Å². The van der Waals surface area contributed by atoms with Crippen molar-refractivity contribution < 1.29 is 5.11 Å². The summed E-state index contributed by atoms with van der Waals surface area (Å²) in [6.45, 7) is 7.64. The van der Waals surface area contributed by atoms with Crippen LogP contribution in [0.25, 0.3) is 0 Å². The SMILES string of the molecule is CCNc1nc(C2CC2)nc(NCCCC(C)O)c1C. The minimum absolute atomic E-state index is 0.234. The zero-order chi connectivity index (χ0) is 14.5. The maximum absolute atomic E-state index is 9.28. The van der Waals surface area contributed by atoms with Crippen LogP contribution < -0.4 is 10.6 Å². The van der Waals surface area contributed by atoms with Crippen LogP contribution in [0.3, 0.4) is 0 Å². The van der Waals surface area contributed by atoms with E-state index in [9.17, 15) is 5.11 Å². The van der Waals surface area contributed by atoms with Gasteiger partial charge in [-0.3, -0.25) is 0 Å². The van der Waals surface area contributed by atoms with E-state index in [1.165, 1.54) is 12.8 Å². The lowest BCUT2D eigenvalue weighted by Crippen LogP contribution is -2.12. The molecule has 1 heterocycles. The predicted molar refractivity (Wildman–Crippen MR) is 82.3 cm³/mol. The fraction of sp³-hybridized carbons (Fsp3) is 0.733. The van der Waals surface area contributed by atoms with Crippen molar-refractivity contribution in [3.63, 3.8) is 0 Å². The van der Waals surface area contributed by atoms with E-state index in [0.29, 0.717) is 5.92 Å². The maximum Gasteiger partial charge on any atom is 0.136 e. The molecular weight excluding hydrogens is 252 g/mol. The van der Waals surface area contributed by atoms with Crippen molar-refractivity contribution in [3.8, 4) is 0 Å². The number of hydrogen-bond donors (Lipinski definition) is 3. The minimum Gasteiger partial charge on any atom is -0.393 e. The van der Waals surface area contributed by atoms with E-state index in [4.69, 9.17) is 0 Å². The quantitative estimate of drug-likeness (QED) is 0.638. The van der Waals surface area contributed by atoms with Crippen LogP contribution in [0.15, 0.2) is 0 Å². The molecule has 1 atom stereocenters. The normalized spacial score (nSPS) is 16.0. The Labute approximate surface area is 121 Å². The molecule has 5 heteroatoms. The van der Waals surface area contributed by atoms with Crippen LogP contribution in [-0.4, -0.2) is 34.3 Å². The molecule has 1 aliphatic rings. The molecule has 0 radical (unpaired) electrons. The highest BCUT2D eigenvalue weighted by atomic mass is 16.3. The van der Waals surface area contributed by atoms with Gasteiger partial charge in [-0.25, -0.2) is 9.97 Å². The maximum atomic E-state index is 9.28. The molecule has 112 valence electrons. The van der Waals surface area contributed by atoms with Gasteiger partial charge in [0, 0.05) is 24.6 Å². The molecule has 1 fully saturated rings. The van der Waals surface area contributed by atoms with E-state index in [1.54, 1.807) is 0 Å². The summed E-state index contributed by atoms with van der Waals surface area (Å²) in [5.41, 5.74) is 1.08. The molecule has 1 unspecified atom stereocenters. The van der Waals surface area contributed by atoms with E-state index in [-0.39, 0.29) is 6.10 Å². The van der Waals surface area contributed by atoms with Crippen molar-refractivity contribution in [3.05, 3.63) is 11.4 Å². The fourth-order valence-corrected chi connectivity index (χ4v) is 2.17. The van der Waals surface area contributed by atoms with Gasteiger partial charge in [-0.05, 0) is 46.5 Å². The first-order valence-corrected chi connectivity index (χ1v) is 7.66. The Balaban J connectivity index is 2.05. The van der Waals surface area contributed by atoms with Crippen molar-refractivity contribution >= 4 is 11.6 Å². The van der Waals surface area contributed by atoms with Crippen LogP contribution in [0.5, 0.6) is 0 Å². The number of nitrogens with zero attached hydrogens (tertiary/aromatic N) is 2. The van der Waals surface area contributed by atoms with Gasteiger partial charge in [0.25, 0.3) is 0 Å². The van der Waals surface area contributed by atoms with Crippen molar-refractivity contribution in [2.75, 3.05) is 23.7 Å². The second kappa shape index (κ2) is 6.88. The highest BCUT2D eigenvalue weighted by Crippen LogP contribution is 2.39. The van der Waals surface area contributed by atoms with Gasteiger partial charge in [-0.2, -0.15) is 0 Å². The average Bonchev–Trinajstić information content (AvgIpc) is 3.22. The Morgan fingerprint density at radius 2 is 1.90 bits per heavy atom.